The molecule has 3 atom stereocenters. The molecule has 6 aliphatic rings. The van der Waals surface area contributed by atoms with E-state index in [1.165, 1.54) is 6.07 Å². The molecule has 1 unspecified atom stereocenters. The lowest BCUT2D eigenvalue weighted by Gasteiger charge is -2.40. The molecule has 4 aromatic rings. The van der Waals surface area contributed by atoms with Gasteiger partial charge in [-0.15, -0.1) is 0 Å². The van der Waals surface area contributed by atoms with Gasteiger partial charge in [0, 0.05) is 73.4 Å². The molecule has 10 rings (SSSR count). The van der Waals surface area contributed by atoms with Gasteiger partial charge in [0.25, 0.3) is 18.2 Å². The van der Waals surface area contributed by atoms with Gasteiger partial charge in [0.05, 0.1) is 29.4 Å². The lowest BCUT2D eigenvalue weighted by molar-refractivity contribution is -0.138. The fourth-order valence-electron chi connectivity index (χ4n) is 11.2. The smallest absolute Gasteiger partial charge is 0.262 e. The molecule has 1 aliphatic carbocycles. The van der Waals surface area contributed by atoms with Gasteiger partial charge in [0.1, 0.15) is 11.9 Å². The van der Waals surface area contributed by atoms with Crippen LogP contribution in [-0.2, 0) is 33.9 Å². The number of rotatable bonds is 7. The molecule has 61 heavy (non-hydrogen) atoms. The summed E-state index contributed by atoms with van der Waals surface area (Å²) in [7, 11) is 0. The minimum atomic E-state index is -2.58. The van der Waals surface area contributed by atoms with Crippen LogP contribution in [0.3, 0.4) is 0 Å². The minimum Gasteiger partial charge on any atom is -0.357 e. The molecule has 12 nitrogen and oxygen atoms in total. The number of alkyl halides is 2. The molecule has 5 amide bonds. The molecular formula is C46H48F3N7O5. The van der Waals surface area contributed by atoms with Crippen molar-refractivity contribution in [2.45, 2.75) is 114 Å². The molecule has 15 heteroatoms. The zero-order chi connectivity index (χ0) is 42.3. The number of imide groups is 2. The van der Waals surface area contributed by atoms with E-state index in [9.17, 15) is 32.8 Å². The van der Waals surface area contributed by atoms with Crippen LogP contribution in [0.25, 0.3) is 10.9 Å². The Kier molecular flexibility index (Phi) is 10.1. The van der Waals surface area contributed by atoms with Gasteiger partial charge < -0.3 is 9.88 Å². The highest BCUT2D eigenvalue weighted by molar-refractivity contribution is 6.23. The molecule has 318 valence electrons. The standard InChI is InChI=1S/C46H48F3N7O5/c1-24-16-32-31-4-2-3-5-36(31)51-40(32)42(55(24)23-38(48)49)41-35(47)19-27(20-50-41)25-6-8-26(9-7-25)44(59)53-14-12-30(13-15-53)54-21-28-17-33-34(18-29(28)22-54)46(61)56(45(33)60)37-10-11-39(57)52-43(37)58/h2-5,17-20,24-26,30,37-38,42,51H,6-16,21-23H2,1H3,(H,52,57,58)/t24-,25?,26?,37?,42+/m1/s1. The second kappa shape index (κ2) is 15.5. The predicted octanol–water partition coefficient (Wildman–Crippen LogP) is 5.98. The average molecular weight is 836 g/mol. The van der Waals surface area contributed by atoms with Crippen LogP contribution in [0.2, 0.25) is 0 Å². The zero-order valence-corrected chi connectivity index (χ0v) is 34.0. The molecular weight excluding hydrogens is 788 g/mol. The Bertz CT molecular complexity index is 2430. The quantitative estimate of drug-likeness (QED) is 0.217. The molecule has 2 N–H and O–H groups in total. The summed E-state index contributed by atoms with van der Waals surface area (Å²) in [4.78, 5) is 79.7. The molecule has 1 saturated carbocycles. The van der Waals surface area contributed by atoms with E-state index >= 15 is 4.39 Å². The number of piperidine rings is 2. The first-order chi connectivity index (χ1) is 29.4. The normalized spacial score (nSPS) is 26.3. The van der Waals surface area contributed by atoms with E-state index in [0.29, 0.717) is 62.3 Å². The van der Waals surface area contributed by atoms with Gasteiger partial charge in [-0.2, -0.15) is 0 Å². The van der Waals surface area contributed by atoms with Crippen molar-refractivity contribution in [3.63, 3.8) is 0 Å². The van der Waals surface area contributed by atoms with Crippen molar-refractivity contribution in [3.05, 3.63) is 99.2 Å². The van der Waals surface area contributed by atoms with Crippen LogP contribution < -0.4 is 5.32 Å². The van der Waals surface area contributed by atoms with Crippen LogP contribution in [0.5, 0.6) is 0 Å². The number of para-hydroxylation sites is 1. The summed E-state index contributed by atoms with van der Waals surface area (Å²) in [5.74, 6) is -2.46. The van der Waals surface area contributed by atoms with Gasteiger partial charge in [-0.25, -0.2) is 13.2 Å². The Hall–Kier alpha value is -5.41. The maximum Gasteiger partial charge on any atom is 0.262 e. The summed E-state index contributed by atoms with van der Waals surface area (Å²) in [5.41, 5.74) is 6.07. The molecule has 0 spiro atoms. The van der Waals surface area contributed by atoms with Gasteiger partial charge >= 0.3 is 0 Å². The molecule has 5 aliphatic heterocycles. The van der Waals surface area contributed by atoms with Crippen molar-refractivity contribution in [1.29, 1.82) is 0 Å². The topological polar surface area (TPSA) is 139 Å². The molecule has 3 fully saturated rings. The number of benzene rings is 2. The first kappa shape index (κ1) is 39.7. The summed E-state index contributed by atoms with van der Waals surface area (Å²) in [5, 5.41) is 3.25. The predicted molar refractivity (Wildman–Crippen MR) is 217 cm³/mol. The van der Waals surface area contributed by atoms with E-state index in [1.807, 2.05) is 36.1 Å². The number of aromatic nitrogens is 2. The van der Waals surface area contributed by atoms with Crippen LogP contribution in [0.1, 0.15) is 125 Å². The van der Waals surface area contributed by atoms with Crippen LogP contribution >= 0.6 is 0 Å². The van der Waals surface area contributed by atoms with E-state index in [2.05, 4.69) is 20.2 Å². The van der Waals surface area contributed by atoms with E-state index in [4.69, 9.17) is 0 Å². The summed E-state index contributed by atoms with van der Waals surface area (Å²) in [6.07, 6.45) is 4.33. The van der Waals surface area contributed by atoms with Crippen molar-refractivity contribution >= 4 is 40.4 Å². The van der Waals surface area contributed by atoms with Crippen molar-refractivity contribution < 1.29 is 37.1 Å². The third-order valence-corrected chi connectivity index (χ3v) is 14.4. The van der Waals surface area contributed by atoms with E-state index in [1.54, 1.807) is 23.2 Å². The third kappa shape index (κ3) is 6.93. The third-order valence-electron chi connectivity index (χ3n) is 14.4. The molecule has 2 aromatic carbocycles. The maximum absolute atomic E-state index is 16.2. The molecule has 2 aromatic heterocycles. The van der Waals surface area contributed by atoms with E-state index in [0.717, 1.165) is 63.7 Å². The summed E-state index contributed by atoms with van der Waals surface area (Å²) < 4.78 is 44.0. The number of halogens is 3. The minimum absolute atomic E-state index is 0.0428. The number of fused-ring (bicyclic) bond motifs is 5. The number of nitrogens with one attached hydrogen (secondary N) is 2. The van der Waals surface area contributed by atoms with Crippen LogP contribution in [0.4, 0.5) is 13.2 Å². The second-order valence-electron chi connectivity index (χ2n) is 17.9. The maximum atomic E-state index is 16.2. The SMILES string of the molecule is C[C@@H]1Cc2c([nH]c3ccccc23)[C@@H](c2ncc(C3CCC(C(=O)N4CCC(N5Cc6cc7c(cc6C5)C(=O)N(C5CCC(=O)NC5=O)C7=O)CC4)CC3)cc2F)N1CC(F)F. The fourth-order valence-corrected chi connectivity index (χ4v) is 11.2. The first-order valence-corrected chi connectivity index (χ1v) is 21.6. The van der Waals surface area contributed by atoms with Crippen molar-refractivity contribution in [2.75, 3.05) is 19.6 Å². The lowest BCUT2D eigenvalue weighted by Crippen LogP contribution is -2.54. The van der Waals surface area contributed by atoms with Crippen molar-refractivity contribution in [3.8, 4) is 0 Å². The van der Waals surface area contributed by atoms with E-state index < -0.39 is 54.5 Å². The summed E-state index contributed by atoms with van der Waals surface area (Å²) in [6.45, 7) is 3.95. The Balaban J connectivity index is 0.746. The van der Waals surface area contributed by atoms with Crippen molar-refractivity contribution in [1.82, 2.24) is 34.9 Å². The number of aromatic amines is 1. The number of amides is 5. The highest BCUT2D eigenvalue weighted by Gasteiger charge is 2.46. The summed E-state index contributed by atoms with van der Waals surface area (Å²) >= 11 is 0. The second-order valence-corrected chi connectivity index (χ2v) is 17.9. The number of H-pyrrole nitrogens is 1. The highest BCUT2D eigenvalue weighted by Crippen LogP contribution is 2.43. The Morgan fingerprint density at radius 1 is 0.902 bits per heavy atom. The van der Waals surface area contributed by atoms with Gasteiger partial charge in [-0.3, -0.25) is 49.0 Å². The molecule has 0 bridgehead atoms. The Morgan fingerprint density at radius 3 is 2.25 bits per heavy atom. The number of carbonyl (C=O) groups excluding carboxylic acids is 5. The molecule has 2 saturated heterocycles. The Labute approximate surface area is 350 Å². The number of hydrogen-bond acceptors (Lipinski definition) is 8. The molecule has 7 heterocycles. The van der Waals surface area contributed by atoms with Gasteiger partial charge in [0.2, 0.25) is 17.7 Å². The first-order valence-electron chi connectivity index (χ1n) is 21.6. The number of pyridine rings is 1. The highest BCUT2D eigenvalue weighted by atomic mass is 19.3. The van der Waals surface area contributed by atoms with Gasteiger partial charge in [0.15, 0.2) is 0 Å². The van der Waals surface area contributed by atoms with Crippen LogP contribution in [-0.4, -0.2) is 103 Å². The van der Waals surface area contributed by atoms with E-state index in [-0.39, 0.29) is 48.4 Å². The number of likely N-dealkylation sites (tertiary alicyclic amines) is 1. The largest absolute Gasteiger partial charge is 0.357 e. The lowest BCUT2D eigenvalue weighted by atomic mass is 9.78. The number of carbonyl (C=O) groups is 5. The Morgan fingerprint density at radius 2 is 1.59 bits per heavy atom. The van der Waals surface area contributed by atoms with Crippen LogP contribution in [0, 0.1) is 11.7 Å². The fraction of sp³-hybridized carbons (Fsp3) is 0.478. The zero-order valence-electron chi connectivity index (χ0n) is 34.0. The van der Waals surface area contributed by atoms with Gasteiger partial charge in [-0.05, 0) is 111 Å². The number of hydrogen-bond donors (Lipinski definition) is 2. The number of nitrogens with zero attached hydrogens (tertiary/aromatic N) is 5. The summed E-state index contributed by atoms with van der Waals surface area (Å²) in [6, 6.07) is 11.1. The monoisotopic (exact) mass is 835 g/mol. The van der Waals surface area contributed by atoms with Crippen LogP contribution in [0.15, 0.2) is 48.7 Å². The van der Waals surface area contributed by atoms with Crippen molar-refractivity contribution in [2.24, 2.45) is 5.92 Å². The van der Waals surface area contributed by atoms with Gasteiger partial charge in [-0.1, -0.05) is 18.2 Å². The average Bonchev–Trinajstić information content (AvgIpc) is 3.91. The molecule has 0 radical (unpaired) electrons.